The lowest BCUT2D eigenvalue weighted by molar-refractivity contribution is 0.940. The molecule has 0 radical (unpaired) electrons. The van der Waals surface area contributed by atoms with Crippen molar-refractivity contribution in [2.45, 2.75) is 20.3 Å². The maximum atomic E-state index is 6.19. The van der Waals surface area contributed by atoms with Crippen molar-refractivity contribution < 1.29 is 0 Å². The molecule has 2 aromatic rings. The molecule has 106 valence electrons. The highest BCUT2D eigenvalue weighted by Gasteiger charge is 2.13. The van der Waals surface area contributed by atoms with Crippen LogP contribution < -0.4 is 10.6 Å². The van der Waals surface area contributed by atoms with Crippen molar-refractivity contribution in [3.63, 3.8) is 0 Å². The molecule has 0 spiro atoms. The third-order valence-electron chi connectivity index (χ3n) is 3.47. The number of aryl methyl sites for hydroxylation is 1. The minimum Gasteiger partial charge on any atom is -0.341 e. The second kappa shape index (κ2) is 6.78. The first-order chi connectivity index (χ1) is 9.67. The molecule has 0 heterocycles. The summed E-state index contributed by atoms with van der Waals surface area (Å²) < 4.78 is 0. The van der Waals surface area contributed by atoms with Gasteiger partial charge in [0, 0.05) is 22.9 Å². The van der Waals surface area contributed by atoms with Crippen LogP contribution in [0.5, 0.6) is 0 Å². The van der Waals surface area contributed by atoms with Gasteiger partial charge in [-0.3, -0.25) is 0 Å². The molecule has 0 aliphatic heterocycles. The zero-order valence-corrected chi connectivity index (χ0v) is 12.8. The molecule has 0 atom stereocenters. The lowest BCUT2D eigenvalue weighted by atomic mass is 10.1. The SMILES string of the molecule is CCN(c1ccccc1C)c1cc(Cl)ccc1CCN. The molecule has 2 aromatic carbocycles. The Hall–Kier alpha value is -1.51. The van der Waals surface area contributed by atoms with E-state index in [1.165, 1.54) is 16.8 Å². The van der Waals surface area contributed by atoms with Gasteiger partial charge in [-0.15, -0.1) is 0 Å². The van der Waals surface area contributed by atoms with Gasteiger partial charge in [-0.1, -0.05) is 35.9 Å². The Morgan fingerprint density at radius 1 is 1.10 bits per heavy atom. The third kappa shape index (κ3) is 3.14. The van der Waals surface area contributed by atoms with Gasteiger partial charge in [0.2, 0.25) is 0 Å². The molecular weight excluding hydrogens is 268 g/mol. The van der Waals surface area contributed by atoms with Gasteiger partial charge >= 0.3 is 0 Å². The van der Waals surface area contributed by atoms with Crippen LogP contribution in [0, 0.1) is 6.92 Å². The van der Waals surface area contributed by atoms with Crippen molar-refractivity contribution in [2.75, 3.05) is 18.0 Å². The zero-order chi connectivity index (χ0) is 14.5. The molecule has 0 bridgehead atoms. The fourth-order valence-corrected chi connectivity index (χ4v) is 2.66. The highest BCUT2D eigenvalue weighted by molar-refractivity contribution is 6.30. The number of benzene rings is 2. The molecule has 0 aliphatic carbocycles. The maximum Gasteiger partial charge on any atom is 0.0458 e. The van der Waals surface area contributed by atoms with E-state index in [1.807, 2.05) is 12.1 Å². The van der Waals surface area contributed by atoms with E-state index in [1.54, 1.807) is 0 Å². The van der Waals surface area contributed by atoms with Crippen LogP contribution in [0.1, 0.15) is 18.1 Å². The molecule has 0 aromatic heterocycles. The van der Waals surface area contributed by atoms with Gasteiger partial charge in [-0.25, -0.2) is 0 Å². The monoisotopic (exact) mass is 288 g/mol. The Morgan fingerprint density at radius 2 is 1.85 bits per heavy atom. The van der Waals surface area contributed by atoms with Crippen molar-refractivity contribution in [2.24, 2.45) is 5.73 Å². The largest absolute Gasteiger partial charge is 0.341 e. The minimum atomic E-state index is 0.639. The molecular formula is C17H21ClN2. The van der Waals surface area contributed by atoms with E-state index >= 15 is 0 Å². The van der Waals surface area contributed by atoms with Gasteiger partial charge in [-0.2, -0.15) is 0 Å². The molecule has 2 N–H and O–H groups in total. The van der Waals surface area contributed by atoms with Crippen LogP contribution in [0.2, 0.25) is 5.02 Å². The standard InChI is InChI=1S/C17H21ClN2/c1-3-20(16-7-5-4-6-13(16)2)17-12-15(18)9-8-14(17)10-11-19/h4-9,12H,3,10-11,19H2,1-2H3. The average Bonchev–Trinajstić information content (AvgIpc) is 2.44. The van der Waals surface area contributed by atoms with E-state index in [9.17, 15) is 0 Å². The number of hydrogen-bond acceptors (Lipinski definition) is 2. The maximum absolute atomic E-state index is 6.19. The molecule has 20 heavy (non-hydrogen) atoms. The summed E-state index contributed by atoms with van der Waals surface area (Å²) in [4.78, 5) is 2.30. The fourth-order valence-electron chi connectivity index (χ4n) is 2.49. The summed E-state index contributed by atoms with van der Waals surface area (Å²) in [7, 11) is 0. The Bertz CT molecular complexity index is 581. The summed E-state index contributed by atoms with van der Waals surface area (Å²) in [6.07, 6.45) is 0.856. The molecule has 0 saturated carbocycles. The Morgan fingerprint density at radius 3 is 2.50 bits per heavy atom. The summed E-state index contributed by atoms with van der Waals surface area (Å²) in [6, 6.07) is 14.4. The number of hydrogen-bond donors (Lipinski definition) is 1. The van der Waals surface area contributed by atoms with Gasteiger partial charge in [0.15, 0.2) is 0 Å². The lowest BCUT2D eigenvalue weighted by Crippen LogP contribution is -2.19. The predicted molar refractivity (Wildman–Crippen MR) is 88.1 cm³/mol. The van der Waals surface area contributed by atoms with Gasteiger partial charge in [0.1, 0.15) is 0 Å². The van der Waals surface area contributed by atoms with Crippen molar-refractivity contribution in [1.82, 2.24) is 0 Å². The number of nitrogens with two attached hydrogens (primary N) is 1. The number of halogens is 1. The van der Waals surface area contributed by atoms with Crippen LogP contribution in [0.25, 0.3) is 0 Å². The Balaban J connectivity index is 2.51. The molecule has 3 heteroatoms. The molecule has 0 fully saturated rings. The average molecular weight is 289 g/mol. The van der Waals surface area contributed by atoms with Crippen LogP contribution in [0.4, 0.5) is 11.4 Å². The molecule has 2 nitrogen and oxygen atoms in total. The van der Waals surface area contributed by atoms with Crippen LogP contribution in [0.15, 0.2) is 42.5 Å². The molecule has 0 unspecified atom stereocenters. The fraction of sp³-hybridized carbons (Fsp3) is 0.294. The van der Waals surface area contributed by atoms with Crippen LogP contribution in [-0.2, 0) is 6.42 Å². The second-order valence-electron chi connectivity index (χ2n) is 4.84. The predicted octanol–water partition coefficient (Wildman–Crippen LogP) is 4.31. The Labute approximate surface area is 126 Å². The van der Waals surface area contributed by atoms with E-state index in [-0.39, 0.29) is 0 Å². The topological polar surface area (TPSA) is 29.3 Å². The summed E-state index contributed by atoms with van der Waals surface area (Å²) in [5, 5.41) is 0.757. The smallest absolute Gasteiger partial charge is 0.0458 e. The summed E-state index contributed by atoms with van der Waals surface area (Å²) in [5.41, 5.74) is 10.6. The molecule has 0 aliphatic rings. The molecule has 0 saturated heterocycles. The van der Waals surface area contributed by atoms with E-state index in [0.717, 1.165) is 23.7 Å². The van der Waals surface area contributed by atoms with E-state index in [0.29, 0.717) is 6.54 Å². The number of anilines is 2. The van der Waals surface area contributed by atoms with Crippen LogP contribution >= 0.6 is 11.6 Å². The normalized spacial score (nSPS) is 10.6. The zero-order valence-electron chi connectivity index (χ0n) is 12.1. The number of rotatable bonds is 5. The van der Waals surface area contributed by atoms with Gasteiger partial charge in [-0.05, 0) is 56.1 Å². The van der Waals surface area contributed by atoms with Crippen LogP contribution in [0.3, 0.4) is 0 Å². The molecule has 0 amide bonds. The summed E-state index contributed by atoms with van der Waals surface area (Å²) in [5.74, 6) is 0. The summed E-state index contributed by atoms with van der Waals surface area (Å²) >= 11 is 6.19. The van der Waals surface area contributed by atoms with E-state index in [2.05, 4.69) is 49.1 Å². The first kappa shape index (κ1) is 14.9. The second-order valence-corrected chi connectivity index (χ2v) is 5.28. The van der Waals surface area contributed by atoms with Crippen molar-refractivity contribution in [3.05, 3.63) is 58.6 Å². The first-order valence-corrected chi connectivity index (χ1v) is 7.36. The van der Waals surface area contributed by atoms with Crippen molar-refractivity contribution in [1.29, 1.82) is 0 Å². The van der Waals surface area contributed by atoms with E-state index in [4.69, 9.17) is 17.3 Å². The highest BCUT2D eigenvalue weighted by atomic mass is 35.5. The molecule has 2 rings (SSSR count). The van der Waals surface area contributed by atoms with E-state index < -0.39 is 0 Å². The van der Waals surface area contributed by atoms with Crippen molar-refractivity contribution >= 4 is 23.0 Å². The third-order valence-corrected chi connectivity index (χ3v) is 3.71. The quantitative estimate of drug-likeness (QED) is 0.888. The lowest BCUT2D eigenvalue weighted by Gasteiger charge is -2.27. The van der Waals surface area contributed by atoms with Gasteiger partial charge < -0.3 is 10.6 Å². The number of nitrogens with zero attached hydrogens (tertiary/aromatic N) is 1. The minimum absolute atomic E-state index is 0.639. The van der Waals surface area contributed by atoms with Gasteiger partial charge in [0.05, 0.1) is 0 Å². The van der Waals surface area contributed by atoms with Crippen LogP contribution in [-0.4, -0.2) is 13.1 Å². The van der Waals surface area contributed by atoms with Crippen molar-refractivity contribution in [3.8, 4) is 0 Å². The summed E-state index contributed by atoms with van der Waals surface area (Å²) in [6.45, 7) is 5.81. The Kier molecular flexibility index (Phi) is 5.05. The van der Waals surface area contributed by atoms with Gasteiger partial charge in [0.25, 0.3) is 0 Å². The number of para-hydroxylation sites is 1. The first-order valence-electron chi connectivity index (χ1n) is 6.99. The highest BCUT2D eigenvalue weighted by Crippen LogP contribution is 2.32.